The van der Waals surface area contributed by atoms with Gasteiger partial charge in [0, 0.05) is 13.1 Å². The highest BCUT2D eigenvalue weighted by molar-refractivity contribution is 7.92. The van der Waals surface area contributed by atoms with E-state index in [0.29, 0.717) is 0 Å². The third-order valence-electron chi connectivity index (χ3n) is 3.65. The van der Waals surface area contributed by atoms with Crippen LogP contribution in [-0.2, 0) is 10.0 Å². The van der Waals surface area contributed by atoms with E-state index in [4.69, 9.17) is 0 Å². The average Bonchev–Trinajstić information content (AvgIpc) is 3.02. The number of hydrogen-bond acceptors (Lipinski definition) is 5. The van der Waals surface area contributed by atoms with E-state index >= 15 is 0 Å². The van der Waals surface area contributed by atoms with Gasteiger partial charge in [0.05, 0.1) is 4.90 Å². The molecule has 1 saturated heterocycles. The Labute approximate surface area is 130 Å². The fourth-order valence-electron chi connectivity index (χ4n) is 2.41. The molecule has 0 bridgehead atoms. The van der Waals surface area contributed by atoms with Crippen LogP contribution in [0.5, 0.6) is 0 Å². The zero-order valence-electron chi connectivity index (χ0n) is 12.4. The van der Waals surface area contributed by atoms with Gasteiger partial charge in [-0.25, -0.2) is 8.42 Å². The lowest BCUT2D eigenvalue weighted by Crippen LogP contribution is -2.20. The Morgan fingerprint density at radius 1 is 1.00 bits per heavy atom. The fraction of sp³-hybridized carbons (Fsp3) is 0.333. The summed E-state index contributed by atoms with van der Waals surface area (Å²) in [7, 11) is -3.63. The number of sulfonamides is 1. The Balaban J connectivity index is 1.75. The topological polar surface area (TPSA) is 75.2 Å². The lowest BCUT2D eigenvalue weighted by molar-refractivity contribution is 0.601. The standard InChI is InChI=1S/C15H18N4O2S/c1-12-4-6-13(7-5-12)22(20,21)18-14-8-9-15(17-16-14)19-10-2-3-11-19/h4-9H,2-3,10-11H2,1H3,(H,16,18). The van der Waals surface area contributed by atoms with Crippen LogP contribution in [0.3, 0.4) is 0 Å². The predicted octanol–water partition coefficient (Wildman–Crippen LogP) is 2.19. The second-order valence-electron chi connectivity index (χ2n) is 5.39. The third kappa shape index (κ3) is 3.19. The van der Waals surface area contributed by atoms with Crippen LogP contribution in [-0.4, -0.2) is 31.7 Å². The van der Waals surface area contributed by atoms with Gasteiger partial charge < -0.3 is 4.90 Å². The number of nitrogens with zero attached hydrogens (tertiary/aromatic N) is 3. The summed E-state index contributed by atoms with van der Waals surface area (Å²) in [6.45, 7) is 3.86. The molecule has 0 saturated carbocycles. The molecule has 0 amide bonds. The molecule has 2 aromatic rings. The van der Waals surface area contributed by atoms with E-state index in [-0.39, 0.29) is 10.7 Å². The van der Waals surface area contributed by atoms with Gasteiger partial charge in [0.25, 0.3) is 10.0 Å². The molecular weight excluding hydrogens is 300 g/mol. The zero-order chi connectivity index (χ0) is 15.6. The van der Waals surface area contributed by atoms with E-state index in [1.807, 2.05) is 6.92 Å². The van der Waals surface area contributed by atoms with Crippen LogP contribution >= 0.6 is 0 Å². The Morgan fingerprint density at radius 3 is 2.27 bits per heavy atom. The van der Waals surface area contributed by atoms with Crippen molar-refractivity contribution in [2.75, 3.05) is 22.7 Å². The van der Waals surface area contributed by atoms with Crippen molar-refractivity contribution in [3.05, 3.63) is 42.0 Å². The molecule has 0 spiro atoms. The Hall–Kier alpha value is -2.15. The van der Waals surface area contributed by atoms with Crippen molar-refractivity contribution >= 4 is 21.7 Å². The molecule has 1 aromatic carbocycles. The van der Waals surface area contributed by atoms with Crippen LogP contribution in [0.25, 0.3) is 0 Å². The molecule has 1 aromatic heterocycles. The summed E-state index contributed by atoms with van der Waals surface area (Å²) in [5.74, 6) is 1.01. The number of aryl methyl sites for hydroxylation is 1. The predicted molar refractivity (Wildman–Crippen MR) is 85.5 cm³/mol. The number of nitrogens with one attached hydrogen (secondary N) is 1. The van der Waals surface area contributed by atoms with Crippen LogP contribution in [0.1, 0.15) is 18.4 Å². The van der Waals surface area contributed by atoms with Crippen LogP contribution in [0, 0.1) is 6.92 Å². The molecule has 0 aliphatic carbocycles. The van der Waals surface area contributed by atoms with Gasteiger partial charge in [-0.15, -0.1) is 10.2 Å². The average molecular weight is 318 g/mol. The minimum absolute atomic E-state index is 0.212. The molecule has 116 valence electrons. The SMILES string of the molecule is Cc1ccc(S(=O)(=O)Nc2ccc(N3CCCC3)nn2)cc1. The maximum absolute atomic E-state index is 12.3. The molecule has 22 heavy (non-hydrogen) atoms. The smallest absolute Gasteiger partial charge is 0.263 e. The number of hydrogen-bond donors (Lipinski definition) is 1. The quantitative estimate of drug-likeness (QED) is 0.935. The van der Waals surface area contributed by atoms with Crippen LogP contribution in [0.4, 0.5) is 11.6 Å². The molecule has 1 aliphatic rings. The van der Waals surface area contributed by atoms with Crippen molar-refractivity contribution in [1.82, 2.24) is 10.2 Å². The second kappa shape index (κ2) is 5.92. The van der Waals surface area contributed by atoms with Gasteiger partial charge in [0.15, 0.2) is 11.6 Å². The van der Waals surface area contributed by atoms with E-state index in [1.54, 1.807) is 36.4 Å². The maximum atomic E-state index is 12.3. The number of rotatable bonds is 4. The minimum atomic E-state index is -3.63. The van der Waals surface area contributed by atoms with Gasteiger partial charge >= 0.3 is 0 Å². The van der Waals surface area contributed by atoms with Gasteiger partial charge in [-0.2, -0.15) is 0 Å². The molecule has 0 unspecified atom stereocenters. The molecule has 3 rings (SSSR count). The Kier molecular flexibility index (Phi) is 3.98. The van der Waals surface area contributed by atoms with E-state index in [1.165, 1.54) is 0 Å². The zero-order valence-corrected chi connectivity index (χ0v) is 13.2. The highest BCUT2D eigenvalue weighted by Crippen LogP contribution is 2.19. The summed E-state index contributed by atoms with van der Waals surface area (Å²) in [6, 6.07) is 10.1. The summed E-state index contributed by atoms with van der Waals surface area (Å²) >= 11 is 0. The van der Waals surface area contributed by atoms with Crippen LogP contribution < -0.4 is 9.62 Å². The molecule has 1 aliphatic heterocycles. The minimum Gasteiger partial charge on any atom is -0.355 e. The van der Waals surface area contributed by atoms with Crippen LogP contribution in [0.2, 0.25) is 0 Å². The Morgan fingerprint density at radius 2 is 1.68 bits per heavy atom. The highest BCUT2D eigenvalue weighted by atomic mass is 32.2. The number of benzene rings is 1. The van der Waals surface area contributed by atoms with E-state index in [9.17, 15) is 8.42 Å². The van der Waals surface area contributed by atoms with Crippen molar-refractivity contribution < 1.29 is 8.42 Å². The second-order valence-corrected chi connectivity index (χ2v) is 7.07. The van der Waals surface area contributed by atoms with E-state index < -0.39 is 10.0 Å². The van der Waals surface area contributed by atoms with Gasteiger partial charge in [-0.1, -0.05) is 17.7 Å². The molecule has 6 nitrogen and oxygen atoms in total. The van der Waals surface area contributed by atoms with Gasteiger partial charge in [0.1, 0.15) is 0 Å². The summed E-state index contributed by atoms with van der Waals surface area (Å²) in [5.41, 5.74) is 1.01. The number of aromatic nitrogens is 2. The first kappa shape index (κ1) is 14.8. The van der Waals surface area contributed by atoms with E-state index in [0.717, 1.165) is 37.3 Å². The monoisotopic (exact) mass is 318 g/mol. The first-order valence-electron chi connectivity index (χ1n) is 7.23. The van der Waals surface area contributed by atoms with Crippen molar-refractivity contribution in [3.8, 4) is 0 Å². The molecule has 7 heteroatoms. The first-order chi connectivity index (χ1) is 10.5. The Bertz CT molecular complexity index is 736. The van der Waals surface area contributed by atoms with Crippen LogP contribution in [0.15, 0.2) is 41.3 Å². The van der Waals surface area contributed by atoms with Crippen molar-refractivity contribution in [2.45, 2.75) is 24.7 Å². The lowest BCUT2D eigenvalue weighted by atomic mass is 10.2. The maximum Gasteiger partial charge on any atom is 0.263 e. The van der Waals surface area contributed by atoms with Crippen molar-refractivity contribution in [1.29, 1.82) is 0 Å². The lowest BCUT2D eigenvalue weighted by Gasteiger charge is -2.15. The first-order valence-corrected chi connectivity index (χ1v) is 8.71. The van der Waals surface area contributed by atoms with Gasteiger partial charge in [0.2, 0.25) is 0 Å². The summed E-state index contributed by atoms with van der Waals surface area (Å²) < 4.78 is 27.0. The highest BCUT2D eigenvalue weighted by Gasteiger charge is 2.17. The summed E-state index contributed by atoms with van der Waals surface area (Å²) in [5, 5.41) is 8.07. The molecule has 0 atom stereocenters. The number of anilines is 2. The fourth-order valence-corrected chi connectivity index (χ4v) is 3.40. The van der Waals surface area contributed by atoms with Crippen molar-refractivity contribution in [2.24, 2.45) is 0 Å². The molecule has 0 radical (unpaired) electrons. The molecular formula is C15H18N4O2S. The summed E-state index contributed by atoms with van der Waals surface area (Å²) in [6.07, 6.45) is 2.31. The van der Waals surface area contributed by atoms with E-state index in [2.05, 4.69) is 19.8 Å². The van der Waals surface area contributed by atoms with Crippen molar-refractivity contribution in [3.63, 3.8) is 0 Å². The molecule has 1 N–H and O–H groups in total. The largest absolute Gasteiger partial charge is 0.355 e. The third-order valence-corrected chi connectivity index (χ3v) is 5.02. The normalized spacial score (nSPS) is 15.0. The molecule has 1 fully saturated rings. The van der Waals surface area contributed by atoms with Gasteiger partial charge in [-0.05, 0) is 44.0 Å². The van der Waals surface area contributed by atoms with Gasteiger partial charge in [-0.3, -0.25) is 4.72 Å². The molecule has 2 heterocycles. The summed E-state index contributed by atoms with van der Waals surface area (Å²) in [4.78, 5) is 2.36.